The first-order valence-electron chi connectivity index (χ1n) is 9.52. The molecule has 3 aromatic rings. The summed E-state index contributed by atoms with van der Waals surface area (Å²) in [5.74, 6) is -1.59. The Morgan fingerprint density at radius 3 is 1.43 bits per heavy atom. The van der Waals surface area contributed by atoms with Gasteiger partial charge in [0.1, 0.15) is 5.75 Å². The van der Waals surface area contributed by atoms with Crippen LogP contribution in [-0.2, 0) is 9.59 Å². The second-order valence-corrected chi connectivity index (χ2v) is 7.77. The van der Waals surface area contributed by atoms with Crippen molar-refractivity contribution < 1.29 is 14.7 Å². The normalized spacial score (nSPS) is 26.8. The van der Waals surface area contributed by atoms with Crippen LogP contribution in [0.3, 0.4) is 0 Å². The van der Waals surface area contributed by atoms with E-state index in [9.17, 15) is 14.7 Å². The molecule has 0 saturated carbocycles. The van der Waals surface area contributed by atoms with E-state index in [0.29, 0.717) is 0 Å². The Kier molecular flexibility index (Phi) is 2.97. The highest BCUT2D eigenvalue weighted by atomic mass is 16.3. The first-order valence-corrected chi connectivity index (χ1v) is 9.52. The van der Waals surface area contributed by atoms with Gasteiger partial charge in [-0.2, -0.15) is 0 Å². The number of carbonyl (C=O) groups excluding carboxylic acids is 2. The summed E-state index contributed by atoms with van der Waals surface area (Å²) in [5, 5.41) is 10.3. The highest BCUT2D eigenvalue weighted by Crippen LogP contribution is 2.61. The average Bonchev–Trinajstić information content (AvgIpc) is 2.99. The van der Waals surface area contributed by atoms with Gasteiger partial charge in [-0.1, -0.05) is 60.7 Å². The van der Waals surface area contributed by atoms with Crippen LogP contribution < -0.4 is 4.90 Å². The molecule has 0 unspecified atom stereocenters. The Labute approximate surface area is 162 Å². The van der Waals surface area contributed by atoms with Crippen molar-refractivity contribution in [3.8, 4) is 5.75 Å². The van der Waals surface area contributed by atoms with Gasteiger partial charge in [-0.05, 0) is 34.4 Å². The molecule has 7 rings (SSSR count). The Bertz CT molecular complexity index is 1050. The van der Waals surface area contributed by atoms with E-state index in [1.165, 1.54) is 11.0 Å². The SMILES string of the molecule is O=C1[C@H]2C3c4ccccc4C(c4ccccc43)[C@@H]2C(=O)N1c1ccccc1O. The average molecular weight is 367 g/mol. The number of imide groups is 1. The van der Waals surface area contributed by atoms with E-state index in [0.717, 1.165) is 22.3 Å². The minimum absolute atomic E-state index is 0.0507. The summed E-state index contributed by atoms with van der Waals surface area (Å²) in [7, 11) is 0. The third-order valence-corrected chi connectivity index (χ3v) is 6.57. The summed E-state index contributed by atoms with van der Waals surface area (Å²) >= 11 is 0. The summed E-state index contributed by atoms with van der Waals surface area (Å²) < 4.78 is 0. The monoisotopic (exact) mass is 367 g/mol. The molecule has 1 fully saturated rings. The van der Waals surface area contributed by atoms with Gasteiger partial charge in [0.2, 0.25) is 11.8 Å². The molecule has 2 bridgehead atoms. The van der Waals surface area contributed by atoms with Crippen LogP contribution in [-0.4, -0.2) is 16.9 Å². The molecule has 2 atom stereocenters. The van der Waals surface area contributed by atoms with Crippen LogP contribution in [0.5, 0.6) is 5.75 Å². The van der Waals surface area contributed by atoms with Crippen molar-refractivity contribution in [3.05, 3.63) is 95.1 Å². The van der Waals surface area contributed by atoms with Gasteiger partial charge in [0, 0.05) is 11.8 Å². The smallest absolute Gasteiger partial charge is 0.238 e. The molecule has 0 aromatic heterocycles. The number of anilines is 1. The zero-order chi connectivity index (χ0) is 19.0. The van der Waals surface area contributed by atoms with Crippen molar-refractivity contribution in [3.63, 3.8) is 0 Å². The molecule has 4 nitrogen and oxygen atoms in total. The van der Waals surface area contributed by atoms with E-state index < -0.39 is 11.8 Å². The second-order valence-electron chi connectivity index (χ2n) is 7.77. The van der Waals surface area contributed by atoms with E-state index >= 15 is 0 Å². The van der Waals surface area contributed by atoms with Crippen molar-refractivity contribution in [1.29, 1.82) is 0 Å². The lowest BCUT2D eigenvalue weighted by Crippen LogP contribution is -2.41. The second kappa shape index (κ2) is 5.32. The molecule has 1 saturated heterocycles. The van der Waals surface area contributed by atoms with E-state index in [1.807, 2.05) is 24.3 Å². The quantitative estimate of drug-likeness (QED) is 0.666. The maximum absolute atomic E-state index is 13.5. The Morgan fingerprint density at radius 1 is 0.607 bits per heavy atom. The predicted molar refractivity (Wildman–Crippen MR) is 104 cm³/mol. The van der Waals surface area contributed by atoms with Crippen LogP contribution in [0.1, 0.15) is 34.1 Å². The minimum Gasteiger partial charge on any atom is -0.506 e. The van der Waals surface area contributed by atoms with Crippen molar-refractivity contribution in [2.75, 3.05) is 4.90 Å². The van der Waals surface area contributed by atoms with Gasteiger partial charge in [0.25, 0.3) is 0 Å². The summed E-state index contributed by atoms with van der Waals surface area (Å²) in [4.78, 5) is 28.2. The molecular weight excluding hydrogens is 350 g/mol. The molecule has 1 aliphatic heterocycles. The first-order chi connectivity index (χ1) is 13.7. The first kappa shape index (κ1) is 15.6. The summed E-state index contributed by atoms with van der Waals surface area (Å²) in [6.07, 6.45) is 0. The third kappa shape index (κ3) is 1.75. The fourth-order valence-electron chi connectivity index (χ4n) is 5.57. The number of hydrogen-bond donors (Lipinski definition) is 1. The van der Waals surface area contributed by atoms with Crippen molar-refractivity contribution in [2.45, 2.75) is 11.8 Å². The number of rotatable bonds is 1. The number of aromatic hydroxyl groups is 1. The maximum atomic E-state index is 13.5. The number of nitrogens with zero attached hydrogens (tertiary/aromatic N) is 1. The highest BCUT2D eigenvalue weighted by molar-refractivity contribution is 6.24. The predicted octanol–water partition coefficient (Wildman–Crippen LogP) is 3.79. The number of phenols is 1. The van der Waals surface area contributed by atoms with Crippen LogP contribution in [0.25, 0.3) is 0 Å². The number of phenolic OH excluding ortho intramolecular Hbond substituents is 1. The third-order valence-electron chi connectivity index (χ3n) is 6.57. The molecule has 3 aromatic carbocycles. The molecular formula is C24H17NO3. The molecule has 28 heavy (non-hydrogen) atoms. The van der Waals surface area contributed by atoms with Crippen molar-refractivity contribution in [1.82, 2.24) is 0 Å². The van der Waals surface area contributed by atoms with E-state index in [-0.39, 0.29) is 35.1 Å². The number of amides is 2. The van der Waals surface area contributed by atoms with Crippen molar-refractivity contribution >= 4 is 17.5 Å². The van der Waals surface area contributed by atoms with Gasteiger partial charge in [-0.15, -0.1) is 0 Å². The van der Waals surface area contributed by atoms with Gasteiger partial charge in [0.05, 0.1) is 17.5 Å². The lowest BCUT2D eigenvalue weighted by Gasteiger charge is -2.45. The minimum atomic E-state index is -0.429. The van der Waals surface area contributed by atoms with Gasteiger partial charge in [0.15, 0.2) is 0 Å². The van der Waals surface area contributed by atoms with E-state index in [1.54, 1.807) is 18.2 Å². The lowest BCUT2D eigenvalue weighted by atomic mass is 9.55. The fourth-order valence-corrected chi connectivity index (χ4v) is 5.57. The lowest BCUT2D eigenvalue weighted by molar-refractivity contribution is -0.122. The Morgan fingerprint density at radius 2 is 1.00 bits per heavy atom. The van der Waals surface area contributed by atoms with Crippen LogP contribution in [0.2, 0.25) is 0 Å². The fraction of sp³-hybridized carbons (Fsp3) is 0.167. The summed E-state index contributed by atoms with van der Waals surface area (Å²) in [6.45, 7) is 0. The molecule has 4 heteroatoms. The van der Waals surface area contributed by atoms with Gasteiger partial charge in [-0.3, -0.25) is 9.59 Å². The largest absolute Gasteiger partial charge is 0.506 e. The van der Waals surface area contributed by atoms with E-state index in [4.69, 9.17) is 0 Å². The number of benzene rings is 3. The summed E-state index contributed by atoms with van der Waals surface area (Å²) in [5.41, 5.74) is 4.86. The molecule has 1 N–H and O–H groups in total. The molecule has 0 radical (unpaired) electrons. The topological polar surface area (TPSA) is 57.6 Å². The van der Waals surface area contributed by atoms with Crippen LogP contribution in [0.4, 0.5) is 5.69 Å². The zero-order valence-electron chi connectivity index (χ0n) is 14.9. The van der Waals surface area contributed by atoms with Gasteiger partial charge in [-0.25, -0.2) is 4.90 Å². The zero-order valence-corrected chi connectivity index (χ0v) is 14.9. The number of carbonyl (C=O) groups is 2. The molecule has 2 amide bonds. The highest BCUT2D eigenvalue weighted by Gasteiger charge is 2.61. The number of para-hydroxylation sites is 2. The number of hydrogen-bond acceptors (Lipinski definition) is 3. The standard InChI is InChI=1S/C24H17NO3/c26-18-12-6-5-11-17(18)25-23(27)21-19-13-7-1-2-8-14(13)20(22(21)24(25)28)16-10-4-3-9-15(16)19/h1-12,19-22,26H/t19?,20?,21-,22-/m0/s1. The van der Waals surface area contributed by atoms with Crippen LogP contribution in [0.15, 0.2) is 72.8 Å². The molecule has 0 spiro atoms. The molecule has 1 heterocycles. The maximum Gasteiger partial charge on any atom is 0.238 e. The van der Waals surface area contributed by atoms with Gasteiger partial charge < -0.3 is 5.11 Å². The van der Waals surface area contributed by atoms with Gasteiger partial charge >= 0.3 is 0 Å². The van der Waals surface area contributed by atoms with E-state index in [2.05, 4.69) is 24.3 Å². The van der Waals surface area contributed by atoms with Crippen molar-refractivity contribution in [2.24, 2.45) is 11.8 Å². The molecule has 4 aliphatic rings. The molecule has 136 valence electrons. The van der Waals surface area contributed by atoms with Crippen LogP contribution >= 0.6 is 0 Å². The summed E-state index contributed by atoms with van der Waals surface area (Å²) in [6, 6.07) is 22.9. The Hall–Kier alpha value is -3.40. The van der Waals surface area contributed by atoms with Crippen LogP contribution in [0, 0.1) is 11.8 Å². The molecule has 3 aliphatic carbocycles. The Balaban J connectivity index is 1.59.